The van der Waals surface area contributed by atoms with Crippen molar-refractivity contribution in [2.75, 3.05) is 26.7 Å². The van der Waals surface area contributed by atoms with Gasteiger partial charge in [0, 0.05) is 25.7 Å². The fraction of sp³-hybridized carbons (Fsp3) is 0.429. The van der Waals surface area contributed by atoms with Gasteiger partial charge in [0.1, 0.15) is 5.75 Å². The van der Waals surface area contributed by atoms with Crippen molar-refractivity contribution in [1.82, 2.24) is 10.2 Å². The second kappa shape index (κ2) is 5.73. The minimum absolute atomic E-state index is 0.00394. The standard InChI is InChI=1S/C14H18N2O3/c1-3-19-12-6-4-10(5-7-12)14(18)16-8-11(9-16)13(17)15-2/h4-7,11H,3,8-9H2,1-2H3,(H,15,17). The second-order valence-electron chi connectivity index (χ2n) is 4.48. The van der Waals surface area contributed by atoms with Gasteiger partial charge in [-0.25, -0.2) is 0 Å². The van der Waals surface area contributed by atoms with Crippen molar-refractivity contribution in [3.63, 3.8) is 0 Å². The molecular formula is C14H18N2O3. The molecular weight excluding hydrogens is 244 g/mol. The molecule has 0 saturated carbocycles. The third kappa shape index (κ3) is 2.86. The van der Waals surface area contributed by atoms with Gasteiger partial charge in [-0.3, -0.25) is 9.59 Å². The van der Waals surface area contributed by atoms with Crippen molar-refractivity contribution >= 4 is 11.8 Å². The number of nitrogens with one attached hydrogen (secondary N) is 1. The van der Waals surface area contributed by atoms with Crippen molar-refractivity contribution in [3.05, 3.63) is 29.8 Å². The highest BCUT2D eigenvalue weighted by Gasteiger charge is 2.35. The summed E-state index contributed by atoms with van der Waals surface area (Å²) in [6.45, 7) is 3.50. The highest BCUT2D eigenvalue weighted by molar-refractivity contribution is 5.96. The Kier molecular flexibility index (Phi) is 4.04. The Labute approximate surface area is 112 Å². The zero-order valence-corrected chi connectivity index (χ0v) is 11.2. The number of amides is 2. The summed E-state index contributed by atoms with van der Waals surface area (Å²) in [5.74, 6) is 0.640. The van der Waals surface area contributed by atoms with Crippen LogP contribution in [0, 0.1) is 5.92 Å². The summed E-state index contributed by atoms with van der Waals surface area (Å²) in [5.41, 5.74) is 0.624. The number of hydrogen-bond donors (Lipinski definition) is 1. The molecule has 1 aliphatic heterocycles. The number of carbonyl (C=O) groups excluding carboxylic acids is 2. The third-order valence-electron chi connectivity index (χ3n) is 3.20. The van der Waals surface area contributed by atoms with Crippen molar-refractivity contribution in [2.24, 2.45) is 5.92 Å². The Morgan fingerprint density at radius 1 is 1.32 bits per heavy atom. The molecule has 2 rings (SSSR count). The maximum absolute atomic E-state index is 12.1. The van der Waals surface area contributed by atoms with Crippen LogP contribution in [0.5, 0.6) is 5.75 Å². The number of nitrogens with zero attached hydrogens (tertiary/aromatic N) is 1. The molecule has 0 unspecified atom stereocenters. The molecule has 0 bridgehead atoms. The van der Waals surface area contributed by atoms with Crippen molar-refractivity contribution < 1.29 is 14.3 Å². The van der Waals surface area contributed by atoms with E-state index in [1.807, 2.05) is 6.92 Å². The van der Waals surface area contributed by atoms with Crippen LogP contribution in [0.4, 0.5) is 0 Å². The first-order valence-corrected chi connectivity index (χ1v) is 6.39. The minimum atomic E-state index is -0.0725. The molecule has 1 fully saturated rings. The third-order valence-corrected chi connectivity index (χ3v) is 3.20. The SMILES string of the molecule is CCOc1ccc(C(=O)N2CC(C(=O)NC)C2)cc1. The Hall–Kier alpha value is -2.04. The predicted octanol–water partition coefficient (Wildman–Crippen LogP) is 0.903. The Morgan fingerprint density at radius 3 is 2.47 bits per heavy atom. The van der Waals surface area contributed by atoms with E-state index in [1.165, 1.54) is 0 Å². The van der Waals surface area contributed by atoms with Gasteiger partial charge in [-0.15, -0.1) is 0 Å². The molecule has 1 aromatic carbocycles. The number of hydrogen-bond acceptors (Lipinski definition) is 3. The molecule has 0 atom stereocenters. The summed E-state index contributed by atoms with van der Waals surface area (Å²) < 4.78 is 5.33. The van der Waals surface area contributed by atoms with E-state index in [0.29, 0.717) is 25.3 Å². The lowest BCUT2D eigenvalue weighted by Crippen LogP contribution is -2.55. The quantitative estimate of drug-likeness (QED) is 0.877. The average Bonchev–Trinajstić information content (AvgIpc) is 2.38. The van der Waals surface area contributed by atoms with Crippen LogP contribution >= 0.6 is 0 Å². The van der Waals surface area contributed by atoms with Crippen LogP contribution in [0.3, 0.4) is 0 Å². The monoisotopic (exact) mass is 262 g/mol. The second-order valence-corrected chi connectivity index (χ2v) is 4.48. The van der Waals surface area contributed by atoms with Crippen molar-refractivity contribution in [2.45, 2.75) is 6.92 Å². The first-order chi connectivity index (χ1) is 9.15. The molecule has 19 heavy (non-hydrogen) atoms. The molecule has 5 nitrogen and oxygen atoms in total. The van der Waals surface area contributed by atoms with Crippen LogP contribution in [0.2, 0.25) is 0 Å². The molecule has 0 spiro atoms. The molecule has 0 radical (unpaired) electrons. The zero-order valence-electron chi connectivity index (χ0n) is 11.2. The summed E-state index contributed by atoms with van der Waals surface area (Å²) in [6, 6.07) is 7.07. The Bertz CT molecular complexity index is 464. The molecule has 1 aromatic rings. The number of rotatable bonds is 4. The summed E-state index contributed by atoms with van der Waals surface area (Å²) in [6.07, 6.45) is 0. The number of ether oxygens (including phenoxy) is 1. The number of benzene rings is 1. The summed E-state index contributed by atoms with van der Waals surface area (Å²) in [4.78, 5) is 25.1. The molecule has 0 aromatic heterocycles. The van der Waals surface area contributed by atoms with Gasteiger partial charge in [0.2, 0.25) is 5.91 Å². The fourth-order valence-electron chi connectivity index (χ4n) is 2.06. The molecule has 1 heterocycles. The van der Waals surface area contributed by atoms with E-state index in [0.717, 1.165) is 5.75 Å². The van der Waals surface area contributed by atoms with Gasteiger partial charge in [-0.1, -0.05) is 0 Å². The van der Waals surface area contributed by atoms with Gasteiger partial charge in [-0.2, -0.15) is 0 Å². The van der Waals surface area contributed by atoms with Crippen LogP contribution in [0.25, 0.3) is 0 Å². The lowest BCUT2D eigenvalue weighted by molar-refractivity contribution is -0.128. The van der Waals surface area contributed by atoms with Gasteiger partial charge in [0.05, 0.1) is 12.5 Å². The van der Waals surface area contributed by atoms with E-state index < -0.39 is 0 Å². The molecule has 5 heteroatoms. The molecule has 2 amide bonds. The predicted molar refractivity (Wildman–Crippen MR) is 71.1 cm³/mol. The van der Waals surface area contributed by atoms with E-state index >= 15 is 0 Å². The normalized spacial score (nSPS) is 14.7. The highest BCUT2D eigenvalue weighted by Crippen LogP contribution is 2.20. The fourth-order valence-corrected chi connectivity index (χ4v) is 2.06. The van der Waals surface area contributed by atoms with Gasteiger partial charge < -0.3 is 15.0 Å². The summed E-state index contributed by atoms with van der Waals surface area (Å²) >= 11 is 0. The van der Waals surface area contributed by atoms with Crippen molar-refractivity contribution in [3.8, 4) is 5.75 Å². The van der Waals surface area contributed by atoms with Crippen LogP contribution in [0.1, 0.15) is 17.3 Å². The van der Waals surface area contributed by atoms with E-state index in [-0.39, 0.29) is 17.7 Å². The lowest BCUT2D eigenvalue weighted by Gasteiger charge is -2.38. The first kappa shape index (κ1) is 13.4. The van der Waals surface area contributed by atoms with Crippen LogP contribution in [0.15, 0.2) is 24.3 Å². The molecule has 1 saturated heterocycles. The topological polar surface area (TPSA) is 58.6 Å². The maximum atomic E-state index is 12.1. The minimum Gasteiger partial charge on any atom is -0.494 e. The Balaban J connectivity index is 1.92. The molecule has 1 aliphatic rings. The summed E-state index contributed by atoms with van der Waals surface area (Å²) in [7, 11) is 1.61. The highest BCUT2D eigenvalue weighted by atomic mass is 16.5. The van der Waals surface area contributed by atoms with Gasteiger partial charge in [0.15, 0.2) is 0 Å². The molecule has 1 N–H and O–H groups in total. The Morgan fingerprint density at radius 2 is 1.95 bits per heavy atom. The van der Waals surface area contributed by atoms with Crippen LogP contribution < -0.4 is 10.1 Å². The van der Waals surface area contributed by atoms with Crippen LogP contribution in [-0.2, 0) is 4.79 Å². The molecule has 0 aliphatic carbocycles. The van der Waals surface area contributed by atoms with Gasteiger partial charge in [-0.05, 0) is 31.2 Å². The van der Waals surface area contributed by atoms with E-state index in [9.17, 15) is 9.59 Å². The van der Waals surface area contributed by atoms with Crippen LogP contribution in [-0.4, -0.2) is 43.5 Å². The first-order valence-electron chi connectivity index (χ1n) is 6.39. The van der Waals surface area contributed by atoms with E-state index in [4.69, 9.17) is 4.74 Å². The zero-order chi connectivity index (χ0) is 13.8. The maximum Gasteiger partial charge on any atom is 0.253 e. The van der Waals surface area contributed by atoms with E-state index in [1.54, 1.807) is 36.2 Å². The molecule has 102 valence electrons. The number of likely N-dealkylation sites (tertiary alicyclic amines) is 1. The smallest absolute Gasteiger partial charge is 0.253 e. The van der Waals surface area contributed by atoms with Gasteiger partial charge in [0.25, 0.3) is 5.91 Å². The lowest BCUT2D eigenvalue weighted by atomic mass is 9.98. The van der Waals surface area contributed by atoms with Gasteiger partial charge >= 0.3 is 0 Å². The van der Waals surface area contributed by atoms with E-state index in [2.05, 4.69) is 5.32 Å². The van der Waals surface area contributed by atoms with Crippen molar-refractivity contribution in [1.29, 1.82) is 0 Å². The average molecular weight is 262 g/mol. The number of carbonyl (C=O) groups is 2. The largest absolute Gasteiger partial charge is 0.494 e. The summed E-state index contributed by atoms with van der Waals surface area (Å²) in [5, 5.41) is 2.59.